The van der Waals surface area contributed by atoms with Crippen LogP contribution in [0.25, 0.3) is 0 Å². The first kappa shape index (κ1) is 19.8. The number of rotatable bonds is 4. The second-order valence-corrected chi connectivity index (χ2v) is 12.4. The van der Waals surface area contributed by atoms with Crippen molar-refractivity contribution in [2.75, 3.05) is 22.5 Å². The Morgan fingerprint density at radius 1 is 0.852 bits per heavy atom. The van der Waals surface area contributed by atoms with Crippen molar-refractivity contribution in [2.24, 2.45) is 0 Å². The topological polar surface area (TPSA) is 6.48 Å². The van der Waals surface area contributed by atoms with Crippen molar-refractivity contribution in [2.45, 2.75) is 46.6 Å². The van der Waals surface area contributed by atoms with Gasteiger partial charge in [-0.1, -0.05) is 67.2 Å². The van der Waals surface area contributed by atoms with Gasteiger partial charge in [0, 0.05) is 24.5 Å². The first-order chi connectivity index (χ1) is 13.0. The molecule has 0 saturated heterocycles. The quantitative estimate of drug-likeness (QED) is 0.601. The van der Waals surface area contributed by atoms with Crippen LogP contribution in [0.5, 0.6) is 0 Å². The van der Waals surface area contributed by atoms with Gasteiger partial charge in [0.25, 0.3) is 6.85 Å². The molecule has 3 rings (SSSR count). The van der Waals surface area contributed by atoms with E-state index in [1.54, 1.807) is 10.7 Å². The summed E-state index contributed by atoms with van der Waals surface area (Å²) < 4.78 is 2.72. The third-order valence-electron chi connectivity index (χ3n) is 6.34. The first-order valence-electron chi connectivity index (χ1n) is 10.3. The molecule has 0 spiro atoms. The number of anilines is 2. The van der Waals surface area contributed by atoms with Gasteiger partial charge in [0.05, 0.1) is 0 Å². The fourth-order valence-electron chi connectivity index (χ4n) is 4.63. The normalized spacial score (nSPS) is 20.4. The summed E-state index contributed by atoms with van der Waals surface area (Å²) in [5.41, 5.74) is 4.36. The first-order valence-corrected chi connectivity index (χ1v) is 13.3. The highest BCUT2D eigenvalue weighted by atomic mass is 28.3. The molecule has 1 heterocycles. The van der Waals surface area contributed by atoms with E-state index in [1.807, 2.05) is 0 Å². The van der Waals surface area contributed by atoms with Crippen LogP contribution in [-0.2, 0) is 0 Å². The molecule has 0 aromatic heterocycles. The molecule has 0 bridgehead atoms. The predicted molar refractivity (Wildman–Crippen MR) is 124 cm³/mol. The number of hydrogen-bond acceptors (Lipinski definition) is 2. The maximum atomic E-state index is 2.72. The molecule has 0 N–H and O–H groups in total. The van der Waals surface area contributed by atoms with Crippen molar-refractivity contribution in [3.05, 3.63) is 71.3 Å². The lowest BCUT2D eigenvalue weighted by molar-refractivity contribution is 0.905. The summed E-state index contributed by atoms with van der Waals surface area (Å²) in [5.74, 6) is 0. The molecule has 142 valence electrons. The van der Waals surface area contributed by atoms with E-state index < -0.39 is 8.24 Å². The van der Waals surface area contributed by atoms with Crippen molar-refractivity contribution < 1.29 is 0 Å². The van der Waals surface area contributed by atoms with Crippen LogP contribution in [0.4, 0.5) is 11.4 Å². The molecule has 2 aromatic rings. The van der Waals surface area contributed by atoms with Crippen molar-refractivity contribution in [3.8, 4) is 0 Å². The fourth-order valence-corrected chi connectivity index (χ4v) is 7.62. The predicted octanol–water partition coefficient (Wildman–Crippen LogP) is 6.03. The summed E-state index contributed by atoms with van der Waals surface area (Å²) in [6, 6.07) is 22.0. The lowest BCUT2D eigenvalue weighted by Gasteiger charge is -2.46. The second kappa shape index (κ2) is 8.39. The SMILES string of the molecule is CCB1/C(CC)=C(/C)[Si](C)(C)N(c2ccccc2)CCN1c1ccccc1. The van der Waals surface area contributed by atoms with Gasteiger partial charge in [-0.05, 0) is 50.7 Å². The smallest absolute Gasteiger partial charge is 0.283 e. The zero-order valence-electron chi connectivity index (χ0n) is 17.6. The highest BCUT2D eigenvalue weighted by Gasteiger charge is 2.39. The number of para-hydroxylation sites is 2. The van der Waals surface area contributed by atoms with Crippen LogP contribution >= 0.6 is 0 Å². The van der Waals surface area contributed by atoms with E-state index in [0.29, 0.717) is 6.85 Å². The lowest BCUT2D eigenvalue weighted by Crippen LogP contribution is -2.58. The van der Waals surface area contributed by atoms with Crippen molar-refractivity contribution in [1.29, 1.82) is 0 Å². The van der Waals surface area contributed by atoms with Crippen molar-refractivity contribution >= 4 is 26.5 Å². The van der Waals surface area contributed by atoms with Crippen molar-refractivity contribution in [1.82, 2.24) is 0 Å². The number of hydrogen-bond donors (Lipinski definition) is 0. The number of allylic oxidation sites excluding steroid dienone is 2. The molecule has 0 fully saturated rings. The van der Waals surface area contributed by atoms with Gasteiger partial charge in [0.2, 0.25) is 0 Å². The van der Waals surface area contributed by atoms with Gasteiger partial charge in [-0.2, -0.15) is 0 Å². The molecule has 4 heteroatoms. The summed E-state index contributed by atoms with van der Waals surface area (Å²) in [6.45, 7) is 14.8. The second-order valence-electron chi connectivity index (χ2n) is 8.00. The zero-order valence-corrected chi connectivity index (χ0v) is 18.6. The monoisotopic (exact) mass is 376 g/mol. The zero-order chi connectivity index (χ0) is 19.4. The summed E-state index contributed by atoms with van der Waals surface area (Å²) in [5, 5.41) is 1.65. The average molecular weight is 376 g/mol. The number of benzene rings is 2. The van der Waals surface area contributed by atoms with E-state index >= 15 is 0 Å². The standard InChI is InChI=1S/C23H33BN2Si/c1-6-23-20(3)27(4,5)26(22-16-12-9-13-17-22)19-18-25(24(23)7-2)21-14-10-8-11-15-21/h8-17H,6-7,18-19H2,1-5H3/b23-20-. The Balaban J connectivity index is 2.13. The number of nitrogens with zero attached hydrogens (tertiary/aromatic N) is 2. The molecule has 2 nitrogen and oxygen atoms in total. The minimum atomic E-state index is -1.73. The molecular formula is C23H33BN2Si. The molecule has 0 saturated carbocycles. The fraction of sp³-hybridized carbons (Fsp3) is 0.391. The van der Waals surface area contributed by atoms with Crippen LogP contribution < -0.4 is 9.38 Å². The van der Waals surface area contributed by atoms with Gasteiger partial charge >= 0.3 is 0 Å². The van der Waals surface area contributed by atoms with Gasteiger partial charge < -0.3 is 9.38 Å². The van der Waals surface area contributed by atoms with Gasteiger partial charge in [-0.25, -0.2) is 0 Å². The third kappa shape index (κ3) is 3.86. The minimum absolute atomic E-state index is 0.502. The molecular weight excluding hydrogens is 343 g/mol. The maximum absolute atomic E-state index is 2.72. The Hall–Kier alpha value is -1.94. The van der Waals surface area contributed by atoms with E-state index in [4.69, 9.17) is 0 Å². The molecule has 1 aliphatic heterocycles. The Morgan fingerprint density at radius 3 is 1.93 bits per heavy atom. The molecule has 0 atom stereocenters. The highest BCUT2D eigenvalue weighted by molar-refractivity contribution is 6.89. The third-order valence-corrected chi connectivity index (χ3v) is 10.3. The van der Waals surface area contributed by atoms with Crippen LogP contribution in [0.1, 0.15) is 27.2 Å². The molecule has 0 radical (unpaired) electrons. The largest absolute Gasteiger partial charge is 0.409 e. The Morgan fingerprint density at radius 2 is 1.41 bits per heavy atom. The molecule has 0 unspecified atom stereocenters. The highest BCUT2D eigenvalue weighted by Crippen LogP contribution is 2.34. The van der Waals surface area contributed by atoms with Crippen LogP contribution in [-0.4, -0.2) is 28.2 Å². The van der Waals surface area contributed by atoms with Crippen molar-refractivity contribution in [3.63, 3.8) is 0 Å². The van der Waals surface area contributed by atoms with E-state index in [0.717, 1.165) is 25.8 Å². The summed E-state index contributed by atoms with van der Waals surface area (Å²) in [7, 11) is -1.73. The lowest BCUT2D eigenvalue weighted by atomic mass is 9.50. The van der Waals surface area contributed by atoms with Crippen LogP contribution in [0.3, 0.4) is 0 Å². The molecule has 0 aliphatic carbocycles. The average Bonchev–Trinajstić information content (AvgIpc) is 2.70. The van der Waals surface area contributed by atoms with Crippen LogP contribution in [0.15, 0.2) is 71.3 Å². The van der Waals surface area contributed by atoms with E-state index in [2.05, 4.69) is 104 Å². The molecule has 0 amide bonds. The molecule has 2 aromatic carbocycles. The van der Waals surface area contributed by atoms with E-state index in [9.17, 15) is 0 Å². The van der Waals surface area contributed by atoms with Gasteiger partial charge in [0.15, 0.2) is 8.24 Å². The molecule has 27 heavy (non-hydrogen) atoms. The Labute approximate surface area is 167 Å². The van der Waals surface area contributed by atoms with Crippen LogP contribution in [0.2, 0.25) is 19.4 Å². The molecule has 1 aliphatic rings. The Bertz CT molecular complexity index is 773. The van der Waals surface area contributed by atoms with Gasteiger partial charge in [-0.3, -0.25) is 0 Å². The Kier molecular flexibility index (Phi) is 6.15. The summed E-state index contributed by atoms with van der Waals surface area (Å²) in [6.07, 6.45) is 2.29. The van der Waals surface area contributed by atoms with Gasteiger partial charge in [-0.15, -0.1) is 0 Å². The van der Waals surface area contributed by atoms with E-state index in [-0.39, 0.29) is 0 Å². The maximum Gasteiger partial charge on any atom is 0.283 e. The van der Waals surface area contributed by atoms with Crippen LogP contribution in [0, 0.1) is 0 Å². The summed E-state index contributed by atoms with van der Waals surface area (Å²) >= 11 is 0. The van der Waals surface area contributed by atoms with Gasteiger partial charge in [0.1, 0.15) is 0 Å². The summed E-state index contributed by atoms with van der Waals surface area (Å²) in [4.78, 5) is 2.64. The minimum Gasteiger partial charge on any atom is -0.409 e. The van der Waals surface area contributed by atoms with E-state index in [1.165, 1.54) is 11.4 Å².